The molecule has 82 valence electrons. The first-order valence-electron chi connectivity index (χ1n) is 4.55. The summed E-state index contributed by atoms with van der Waals surface area (Å²) >= 11 is 0. The van der Waals surface area contributed by atoms with E-state index in [1.165, 1.54) is 18.3 Å². The first-order valence-corrected chi connectivity index (χ1v) is 4.55. The van der Waals surface area contributed by atoms with Crippen molar-refractivity contribution >= 4 is 5.88 Å². The molecule has 0 radical (unpaired) electrons. The molecule has 0 unspecified atom stereocenters. The Hall–Kier alpha value is -2.24. The van der Waals surface area contributed by atoms with Crippen LogP contribution in [0.3, 0.4) is 0 Å². The van der Waals surface area contributed by atoms with E-state index in [1.54, 1.807) is 0 Å². The molecule has 1 aliphatic rings. The van der Waals surface area contributed by atoms with Crippen LogP contribution >= 0.6 is 0 Å². The molecule has 6 heteroatoms. The van der Waals surface area contributed by atoms with Crippen LogP contribution in [0.2, 0.25) is 0 Å². The lowest BCUT2D eigenvalue weighted by Gasteiger charge is -2.02. The fourth-order valence-electron chi connectivity index (χ4n) is 1.57. The lowest BCUT2D eigenvalue weighted by atomic mass is 10.1. The zero-order valence-corrected chi connectivity index (χ0v) is 8.07. The minimum Gasteiger partial charge on any atom is -0.454 e. The van der Waals surface area contributed by atoms with Gasteiger partial charge < -0.3 is 19.7 Å². The number of nitrogen functional groups attached to an aromatic ring is 1. The second-order valence-electron chi connectivity index (χ2n) is 3.29. The summed E-state index contributed by atoms with van der Waals surface area (Å²) in [7, 11) is 0. The maximum Gasteiger partial charge on any atom is 0.231 e. The summed E-state index contributed by atoms with van der Waals surface area (Å²) in [6, 6.07) is 2.77. The summed E-state index contributed by atoms with van der Waals surface area (Å²) in [6.07, 6.45) is 1.36. The lowest BCUT2D eigenvalue weighted by Crippen LogP contribution is -1.92. The molecule has 1 aromatic carbocycles. The van der Waals surface area contributed by atoms with Gasteiger partial charge in [-0.05, 0) is 6.07 Å². The van der Waals surface area contributed by atoms with E-state index >= 15 is 0 Å². The minimum absolute atomic E-state index is 0.0674. The van der Waals surface area contributed by atoms with Crippen LogP contribution in [0.25, 0.3) is 11.1 Å². The number of hydrogen-bond donors (Lipinski definition) is 1. The largest absolute Gasteiger partial charge is 0.454 e. The highest BCUT2D eigenvalue weighted by Gasteiger charge is 2.20. The molecule has 5 nitrogen and oxygen atoms in total. The second kappa shape index (κ2) is 3.13. The van der Waals surface area contributed by atoms with E-state index in [2.05, 4.69) is 9.68 Å². The molecule has 16 heavy (non-hydrogen) atoms. The molecule has 0 saturated carbocycles. The van der Waals surface area contributed by atoms with Crippen LogP contribution in [0.15, 0.2) is 22.9 Å². The van der Waals surface area contributed by atoms with Crippen molar-refractivity contribution in [2.45, 2.75) is 0 Å². The van der Waals surface area contributed by atoms with Crippen LogP contribution < -0.4 is 15.2 Å². The molecule has 1 aromatic heterocycles. The van der Waals surface area contributed by atoms with Gasteiger partial charge in [-0.15, -0.1) is 0 Å². The van der Waals surface area contributed by atoms with E-state index in [9.17, 15) is 4.39 Å². The SMILES string of the molecule is Nc1oncc1-c1cc2c(cc1F)OCO2. The van der Waals surface area contributed by atoms with Crippen molar-refractivity contribution in [3.8, 4) is 22.6 Å². The van der Waals surface area contributed by atoms with Gasteiger partial charge in [0.05, 0.1) is 11.8 Å². The van der Waals surface area contributed by atoms with E-state index in [-0.39, 0.29) is 18.2 Å². The minimum atomic E-state index is -0.459. The van der Waals surface area contributed by atoms with Gasteiger partial charge in [0.25, 0.3) is 0 Å². The average molecular weight is 222 g/mol. The number of rotatable bonds is 1. The summed E-state index contributed by atoms with van der Waals surface area (Å²) in [6.45, 7) is 0.0946. The van der Waals surface area contributed by atoms with Crippen molar-refractivity contribution in [2.75, 3.05) is 12.5 Å². The molecule has 0 amide bonds. The monoisotopic (exact) mass is 222 g/mol. The van der Waals surface area contributed by atoms with Gasteiger partial charge in [0.1, 0.15) is 5.82 Å². The van der Waals surface area contributed by atoms with Crippen molar-refractivity contribution in [1.82, 2.24) is 5.16 Å². The predicted octanol–water partition coefficient (Wildman–Crippen LogP) is 1.79. The van der Waals surface area contributed by atoms with Gasteiger partial charge in [-0.3, -0.25) is 0 Å². The zero-order valence-electron chi connectivity index (χ0n) is 8.07. The number of aromatic nitrogens is 1. The first kappa shape index (κ1) is 9.02. The molecular formula is C10H7FN2O3. The molecule has 3 rings (SSSR count). The third-order valence-electron chi connectivity index (χ3n) is 2.35. The number of anilines is 1. The zero-order chi connectivity index (χ0) is 11.1. The standard InChI is InChI=1S/C10H7FN2O3/c11-7-2-9-8(14-4-15-9)1-5(7)6-3-13-16-10(6)12/h1-3H,4,12H2. The van der Waals surface area contributed by atoms with Gasteiger partial charge in [-0.1, -0.05) is 5.16 Å². The van der Waals surface area contributed by atoms with E-state index < -0.39 is 5.82 Å². The molecule has 0 fully saturated rings. The summed E-state index contributed by atoms with van der Waals surface area (Å²) in [4.78, 5) is 0. The molecule has 0 spiro atoms. The third kappa shape index (κ3) is 1.19. The molecule has 2 aromatic rings. The van der Waals surface area contributed by atoms with E-state index in [4.69, 9.17) is 15.2 Å². The summed E-state index contributed by atoms with van der Waals surface area (Å²) < 4.78 is 28.6. The Balaban J connectivity index is 2.18. The quantitative estimate of drug-likeness (QED) is 0.796. The fraction of sp³-hybridized carbons (Fsp3) is 0.100. The van der Waals surface area contributed by atoms with E-state index in [0.717, 1.165) is 0 Å². The molecule has 0 aliphatic carbocycles. The molecular weight excluding hydrogens is 215 g/mol. The van der Waals surface area contributed by atoms with Gasteiger partial charge in [0.15, 0.2) is 11.5 Å². The Bertz CT molecular complexity index is 553. The number of ether oxygens (including phenoxy) is 2. The Labute approximate surface area is 89.5 Å². The van der Waals surface area contributed by atoms with Gasteiger partial charge in [-0.25, -0.2) is 4.39 Å². The Kier molecular flexibility index (Phi) is 1.76. The molecule has 2 heterocycles. The Morgan fingerprint density at radius 2 is 1.94 bits per heavy atom. The molecule has 0 saturated heterocycles. The van der Waals surface area contributed by atoms with Crippen molar-refractivity contribution in [3.63, 3.8) is 0 Å². The highest BCUT2D eigenvalue weighted by atomic mass is 19.1. The molecule has 0 atom stereocenters. The first-order chi connectivity index (χ1) is 7.75. The van der Waals surface area contributed by atoms with E-state index in [0.29, 0.717) is 17.1 Å². The summed E-state index contributed by atoms with van der Waals surface area (Å²) in [5.74, 6) is 0.477. The molecule has 2 N–H and O–H groups in total. The van der Waals surface area contributed by atoms with Crippen molar-refractivity contribution in [1.29, 1.82) is 0 Å². The predicted molar refractivity (Wildman–Crippen MR) is 52.4 cm³/mol. The number of fused-ring (bicyclic) bond motifs is 1. The maximum absolute atomic E-state index is 13.7. The van der Waals surface area contributed by atoms with E-state index in [1.807, 2.05) is 0 Å². The van der Waals surface area contributed by atoms with Crippen LogP contribution in [0.5, 0.6) is 11.5 Å². The number of benzene rings is 1. The fourth-order valence-corrected chi connectivity index (χ4v) is 1.57. The highest BCUT2D eigenvalue weighted by Crippen LogP contribution is 2.39. The van der Waals surface area contributed by atoms with Gasteiger partial charge >= 0.3 is 0 Å². The average Bonchev–Trinajstić information content (AvgIpc) is 2.85. The topological polar surface area (TPSA) is 70.5 Å². The van der Waals surface area contributed by atoms with Crippen LogP contribution in [0.1, 0.15) is 0 Å². The van der Waals surface area contributed by atoms with Crippen LogP contribution in [-0.2, 0) is 0 Å². The normalized spacial score (nSPS) is 13.1. The van der Waals surface area contributed by atoms with Crippen molar-refractivity contribution < 1.29 is 18.4 Å². The Morgan fingerprint density at radius 1 is 1.19 bits per heavy atom. The van der Waals surface area contributed by atoms with Gasteiger partial charge in [0, 0.05) is 11.6 Å². The van der Waals surface area contributed by atoms with Gasteiger partial charge in [0.2, 0.25) is 12.7 Å². The third-order valence-corrected chi connectivity index (χ3v) is 2.35. The van der Waals surface area contributed by atoms with Gasteiger partial charge in [-0.2, -0.15) is 0 Å². The summed E-state index contributed by atoms with van der Waals surface area (Å²) in [5.41, 5.74) is 6.20. The smallest absolute Gasteiger partial charge is 0.231 e. The van der Waals surface area contributed by atoms with Crippen molar-refractivity contribution in [2.24, 2.45) is 0 Å². The molecule has 1 aliphatic heterocycles. The Morgan fingerprint density at radius 3 is 2.62 bits per heavy atom. The van der Waals surface area contributed by atoms with Crippen molar-refractivity contribution in [3.05, 3.63) is 24.1 Å². The number of halogens is 1. The second-order valence-corrected chi connectivity index (χ2v) is 3.29. The maximum atomic E-state index is 13.7. The van der Waals surface area contributed by atoms with Crippen LogP contribution in [0, 0.1) is 5.82 Å². The number of nitrogens with zero attached hydrogens (tertiary/aromatic N) is 1. The summed E-state index contributed by atoms with van der Waals surface area (Å²) in [5, 5.41) is 3.49. The number of nitrogens with two attached hydrogens (primary N) is 1. The van der Waals surface area contributed by atoms with Crippen LogP contribution in [-0.4, -0.2) is 11.9 Å². The lowest BCUT2D eigenvalue weighted by molar-refractivity contribution is 0.174. The molecule has 0 bridgehead atoms. The number of hydrogen-bond acceptors (Lipinski definition) is 5. The van der Waals surface area contributed by atoms with Crippen LogP contribution in [0.4, 0.5) is 10.3 Å². The highest BCUT2D eigenvalue weighted by molar-refractivity contribution is 5.74.